The number of rotatable bonds is 8. The number of nitrogens with one attached hydrogen (secondary N) is 1. The van der Waals surface area contributed by atoms with Crippen molar-refractivity contribution in [3.63, 3.8) is 0 Å². The van der Waals surface area contributed by atoms with E-state index in [2.05, 4.69) is 5.32 Å². The van der Waals surface area contributed by atoms with Gasteiger partial charge in [0.25, 0.3) is 11.8 Å². The number of hydrogen-bond acceptors (Lipinski definition) is 6. The fourth-order valence-corrected chi connectivity index (χ4v) is 6.87. The predicted molar refractivity (Wildman–Crippen MR) is 176 cm³/mol. The van der Waals surface area contributed by atoms with Crippen molar-refractivity contribution in [2.24, 2.45) is 0 Å². The van der Waals surface area contributed by atoms with Gasteiger partial charge < -0.3 is 34.8 Å². The first-order valence-corrected chi connectivity index (χ1v) is 16.7. The Balaban J connectivity index is 1.40. The standard InChI is InChI=1S/C35H44FN5O7/c1-4-38(3)34(45)30-21-39(32(43)25-16-26(36)19-27(17-25)37-22(2)42)14-15-41(30)33(44)24-10-11-31(29(18-24)23-8-6-5-7-9-23)48-28-12-13-40(20-28)35(46)47/h10-11,16-19,23,28,30H,4-9,12-15,20-21H2,1-3H3,(H,37,42)(H,46,47)/t28?,30-/m1/s1. The van der Waals surface area contributed by atoms with E-state index in [0.717, 1.165) is 49.8 Å². The number of carbonyl (C=O) groups is 5. The number of amides is 5. The van der Waals surface area contributed by atoms with Gasteiger partial charge in [-0.15, -0.1) is 0 Å². The summed E-state index contributed by atoms with van der Waals surface area (Å²) in [5.74, 6) is -1.44. The maximum absolute atomic E-state index is 14.4. The Hall–Kier alpha value is -4.68. The first kappa shape index (κ1) is 34.6. The highest BCUT2D eigenvalue weighted by molar-refractivity contribution is 6.00. The average molecular weight is 666 g/mol. The van der Waals surface area contributed by atoms with Crippen molar-refractivity contribution >= 4 is 35.4 Å². The van der Waals surface area contributed by atoms with Gasteiger partial charge in [-0.05, 0) is 67.6 Å². The van der Waals surface area contributed by atoms with E-state index in [1.165, 1.54) is 32.6 Å². The number of benzene rings is 2. The first-order valence-electron chi connectivity index (χ1n) is 16.7. The largest absolute Gasteiger partial charge is 0.488 e. The van der Waals surface area contributed by atoms with Gasteiger partial charge in [-0.2, -0.15) is 0 Å². The average Bonchev–Trinajstić information content (AvgIpc) is 3.55. The Bertz CT molecular complexity index is 1560. The Morgan fingerprint density at radius 3 is 2.33 bits per heavy atom. The molecule has 2 aliphatic heterocycles. The molecule has 1 saturated carbocycles. The number of ether oxygens (including phenoxy) is 1. The molecule has 2 saturated heterocycles. The molecule has 12 nitrogen and oxygen atoms in total. The summed E-state index contributed by atoms with van der Waals surface area (Å²) in [5.41, 5.74) is 1.49. The van der Waals surface area contributed by atoms with E-state index in [9.17, 15) is 33.5 Å². The van der Waals surface area contributed by atoms with E-state index in [4.69, 9.17) is 4.74 Å². The highest BCUT2D eigenvalue weighted by Crippen LogP contribution is 2.39. The van der Waals surface area contributed by atoms with Gasteiger partial charge in [0.1, 0.15) is 23.7 Å². The monoisotopic (exact) mass is 665 g/mol. The molecule has 2 N–H and O–H groups in total. The molecule has 0 bridgehead atoms. The van der Waals surface area contributed by atoms with Crippen LogP contribution >= 0.6 is 0 Å². The lowest BCUT2D eigenvalue weighted by Crippen LogP contribution is -2.61. The van der Waals surface area contributed by atoms with E-state index in [-0.39, 0.29) is 61.3 Å². The number of carboxylic acid groups (broad SMARTS) is 1. The lowest BCUT2D eigenvalue weighted by Gasteiger charge is -2.42. The number of nitrogens with zero attached hydrogens (tertiary/aromatic N) is 4. The minimum Gasteiger partial charge on any atom is -0.488 e. The van der Waals surface area contributed by atoms with Crippen LogP contribution in [0.15, 0.2) is 36.4 Å². The number of likely N-dealkylation sites (N-methyl/N-ethyl adjacent to an activating group) is 1. The third kappa shape index (κ3) is 7.88. The molecule has 1 aliphatic carbocycles. The first-order chi connectivity index (χ1) is 22.9. The molecule has 0 spiro atoms. The zero-order valence-electron chi connectivity index (χ0n) is 27.7. The van der Waals surface area contributed by atoms with Crippen molar-refractivity contribution in [3.05, 3.63) is 58.9 Å². The second kappa shape index (κ2) is 15.0. The summed E-state index contributed by atoms with van der Waals surface area (Å²) in [6, 6.07) is 7.95. The fraction of sp³-hybridized carbons (Fsp3) is 0.514. The Morgan fingerprint density at radius 2 is 1.67 bits per heavy atom. The topological polar surface area (TPSA) is 140 Å². The summed E-state index contributed by atoms with van der Waals surface area (Å²) in [5, 5.41) is 11.9. The molecule has 48 heavy (non-hydrogen) atoms. The van der Waals surface area contributed by atoms with E-state index in [1.807, 2.05) is 13.0 Å². The van der Waals surface area contributed by atoms with Crippen molar-refractivity contribution in [2.75, 3.05) is 51.6 Å². The van der Waals surface area contributed by atoms with Crippen molar-refractivity contribution in [1.29, 1.82) is 0 Å². The minimum absolute atomic E-state index is 0.0232. The summed E-state index contributed by atoms with van der Waals surface area (Å²) in [6.07, 6.45) is 4.50. The summed E-state index contributed by atoms with van der Waals surface area (Å²) in [7, 11) is 1.64. The van der Waals surface area contributed by atoms with Crippen LogP contribution in [0.4, 0.5) is 14.9 Å². The van der Waals surface area contributed by atoms with Gasteiger partial charge in [0, 0.05) is 63.4 Å². The van der Waals surface area contributed by atoms with Crippen LogP contribution < -0.4 is 10.1 Å². The third-order valence-electron chi connectivity index (χ3n) is 9.54. The Labute approximate surface area is 279 Å². The Kier molecular flexibility index (Phi) is 10.9. The van der Waals surface area contributed by atoms with Gasteiger partial charge in [0.05, 0.1) is 13.1 Å². The molecule has 1 unspecified atom stereocenters. The SMILES string of the molecule is CCN(C)C(=O)[C@H]1CN(C(=O)c2cc(F)cc(NC(C)=O)c2)CCN1C(=O)c1ccc(OC2CCN(C(=O)O)C2)c(C2CCCCC2)c1. The van der Waals surface area contributed by atoms with Gasteiger partial charge in [0.15, 0.2) is 0 Å². The van der Waals surface area contributed by atoms with Crippen LogP contribution in [0.25, 0.3) is 0 Å². The number of carbonyl (C=O) groups excluding carboxylic acids is 4. The van der Waals surface area contributed by atoms with Gasteiger partial charge in [-0.1, -0.05) is 19.3 Å². The van der Waals surface area contributed by atoms with Crippen LogP contribution in [0, 0.1) is 5.82 Å². The second-order valence-electron chi connectivity index (χ2n) is 12.9. The maximum Gasteiger partial charge on any atom is 0.407 e. The molecule has 2 atom stereocenters. The molecule has 13 heteroatoms. The van der Waals surface area contributed by atoms with Crippen LogP contribution in [0.5, 0.6) is 5.75 Å². The van der Waals surface area contributed by atoms with Crippen molar-refractivity contribution in [2.45, 2.75) is 70.4 Å². The molecule has 0 aromatic heterocycles. The molecule has 5 rings (SSSR count). The normalized spacial score (nSPS) is 20.0. The smallest absolute Gasteiger partial charge is 0.407 e. The van der Waals surface area contributed by atoms with Gasteiger partial charge in [-0.3, -0.25) is 19.2 Å². The highest BCUT2D eigenvalue weighted by atomic mass is 19.1. The molecular weight excluding hydrogens is 621 g/mol. The molecule has 3 fully saturated rings. The van der Waals surface area contributed by atoms with Crippen LogP contribution in [-0.4, -0.2) is 113 Å². The molecule has 258 valence electrons. The maximum atomic E-state index is 14.4. The molecule has 5 amide bonds. The summed E-state index contributed by atoms with van der Waals surface area (Å²) >= 11 is 0. The minimum atomic E-state index is -0.974. The van der Waals surface area contributed by atoms with E-state index >= 15 is 0 Å². The van der Waals surface area contributed by atoms with Crippen molar-refractivity contribution < 1.29 is 38.2 Å². The van der Waals surface area contributed by atoms with Crippen LogP contribution in [0.2, 0.25) is 0 Å². The number of halogens is 1. The summed E-state index contributed by atoms with van der Waals surface area (Å²) in [4.78, 5) is 70.2. The highest BCUT2D eigenvalue weighted by Gasteiger charge is 2.39. The van der Waals surface area contributed by atoms with Crippen LogP contribution in [-0.2, 0) is 9.59 Å². The number of piperazine rings is 1. The van der Waals surface area contributed by atoms with Crippen LogP contribution in [0.1, 0.15) is 84.6 Å². The van der Waals surface area contributed by atoms with Gasteiger partial charge >= 0.3 is 6.09 Å². The Morgan fingerprint density at radius 1 is 0.917 bits per heavy atom. The third-order valence-corrected chi connectivity index (χ3v) is 9.54. The molecule has 2 aromatic carbocycles. The predicted octanol–water partition coefficient (Wildman–Crippen LogP) is 4.41. The van der Waals surface area contributed by atoms with E-state index < -0.39 is 29.8 Å². The van der Waals surface area contributed by atoms with Gasteiger partial charge in [0.2, 0.25) is 11.8 Å². The number of likely N-dealkylation sites (tertiary alicyclic amines) is 1. The van der Waals surface area contributed by atoms with Gasteiger partial charge in [-0.25, -0.2) is 9.18 Å². The summed E-state index contributed by atoms with van der Waals surface area (Å²) in [6.45, 7) is 4.30. The summed E-state index contributed by atoms with van der Waals surface area (Å²) < 4.78 is 20.8. The molecular formula is C35H44FN5O7. The van der Waals surface area contributed by atoms with Crippen LogP contribution in [0.3, 0.4) is 0 Å². The van der Waals surface area contributed by atoms with E-state index in [1.54, 1.807) is 19.2 Å². The quantitative estimate of drug-likeness (QED) is 0.426. The fourth-order valence-electron chi connectivity index (χ4n) is 6.87. The van der Waals surface area contributed by atoms with E-state index in [0.29, 0.717) is 30.8 Å². The number of hydrogen-bond donors (Lipinski definition) is 2. The molecule has 2 aromatic rings. The second-order valence-corrected chi connectivity index (χ2v) is 12.9. The lowest BCUT2D eigenvalue weighted by atomic mass is 9.83. The zero-order chi connectivity index (χ0) is 34.5. The van der Waals surface area contributed by atoms with Crippen molar-refractivity contribution in [1.82, 2.24) is 19.6 Å². The molecule has 3 aliphatic rings. The van der Waals surface area contributed by atoms with Crippen molar-refractivity contribution in [3.8, 4) is 5.75 Å². The zero-order valence-corrected chi connectivity index (χ0v) is 27.7. The molecule has 2 heterocycles. The lowest BCUT2D eigenvalue weighted by molar-refractivity contribution is -0.136. The molecule has 0 radical (unpaired) electrons. The number of anilines is 1.